The lowest BCUT2D eigenvalue weighted by Crippen LogP contribution is -2.19. The maximum atomic E-state index is 5.62. The highest BCUT2D eigenvalue weighted by Gasteiger charge is 2.10. The van der Waals surface area contributed by atoms with Gasteiger partial charge in [-0.1, -0.05) is 6.07 Å². The summed E-state index contributed by atoms with van der Waals surface area (Å²) in [5.41, 5.74) is 0.837. The van der Waals surface area contributed by atoms with Gasteiger partial charge < -0.3 is 10.1 Å². The third kappa shape index (κ3) is 3.75. The molecule has 0 unspecified atom stereocenters. The summed E-state index contributed by atoms with van der Waals surface area (Å²) in [6.07, 6.45) is 0. The average Bonchev–Trinajstić information content (AvgIpc) is 2.14. The van der Waals surface area contributed by atoms with Gasteiger partial charge in [-0.3, -0.25) is 0 Å². The van der Waals surface area contributed by atoms with Crippen LogP contribution in [0.3, 0.4) is 0 Å². The predicted octanol–water partition coefficient (Wildman–Crippen LogP) is 2.44. The largest absolute Gasteiger partial charge is 0.373 e. The first-order chi connectivity index (χ1) is 6.51. The van der Waals surface area contributed by atoms with Crippen LogP contribution >= 0.6 is 0 Å². The van der Waals surface area contributed by atoms with Crippen LogP contribution in [0.4, 0.5) is 5.82 Å². The van der Waals surface area contributed by atoms with Crippen molar-refractivity contribution in [3.05, 3.63) is 23.9 Å². The zero-order valence-electron chi connectivity index (χ0n) is 9.29. The molecule has 0 atom stereocenters. The fourth-order valence-corrected chi connectivity index (χ4v) is 0.990. The van der Waals surface area contributed by atoms with Crippen LogP contribution in [0, 0.1) is 0 Å². The first-order valence-corrected chi connectivity index (χ1v) is 4.79. The Morgan fingerprint density at radius 1 is 1.36 bits per heavy atom. The van der Waals surface area contributed by atoms with Crippen LogP contribution in [0.5, 0.6) is 0 Å². The zero-order chi connectivity index (χ0) is 10.6. The Bertz CT molecular complexity index is 292. The van der Waals surface area contributed by atoms with Gasteiger partial charge in [0, 0.05) is 7.05 Å². The van der Waals surface area contributed by atoms with Crippen molar-refractivity contribution < 1.29 is 4.74 Å². The first kappa shape index (κ1) is 11.0. The Labute approximate surface area is 85.5 Å². The van der Waals surface area contributed by atoms with Crippen LogP contribution in [0.2, 0.25) is 0 Å². The zero-order valence-corrected chi connectivity index (χ0v) is 9.29. The Balaban J connectivity index is 2.59. The normalized spacial score (nSPS) is 11.4. The molecule has 1 N–H and O–H groups in total. The summed E-state index contributed by atoms with van der Waals surface area (Å²) in [5, 5.41) is 3.00. The number of anilines is 1. The molecule has 1 aromatic rings. The van der Waals surface area contributed by atoms with Crippen LogP contribution in [-0.2, 0) is 11.3 Å². The molecule has 0 aromatic carbocycles. The summed E-state index contributed by atoms with van der Waals surface area (Å²) in [6, 6.07) is 5.87. The lowest BCUT2D eigenvalue weighted by molar-refractivity contribution is -0.0164. The molecule has 1 heterocycles. The predicted molar refractivity (Wildman–Crippen MR) is 58.3 cm³/mol. The van der Waals surface area contributed by atoms with Gasteiger partial charge in [0.05, 0.1) is 17.9 Å². The van der Waals surface area contributed by atoms with E-state index in [1.165, 1.54) is 0 Å². The minimum atomic E-state index is -0.114. The standard InChI is InChI=1S/C11H18N2O/c1-11(2,3)14-8-9-6-5-7-10(12-4)13-9/h5-7H,8H2,1-4H3,(H,12,13). The molecule has 0 aliphatic rings. The van der Waals surface area contributed by atoms with Crippen LogP contribution in [-0.4, -0.2) is 17.6 Å². The molecular weight excluding hydrogens is 176 g/mol. The van der Waals surface area contributed by atoms with Crippen molar-refractivity contribution in [1.29, 1.82) is 0 Å². The maximum absolute atomic E-state index is 5.62. The van der Waals surface area contributed by atoms with Gasteiger partial charge in [-0.15, -0.1) is 0 Å². The van der Waals surface area contributed by atoms with Gasteiger partial charge in [0.25, 0.3) is 0 Å². The topological polar surface area (TPSA) is 34.1 Å². The minimum Gasteiger partial charge on any atom is -0.373 e. The molecule has 78 valence electrons. The van der Waals surface area contributed by atoms with Gasteiger partial charge in [0.1, 0.15) is 5.82 Å². The van der Waals surface area contributed by atoms with Crippen molar-refractivity contribution in [1.82, 2.24) is 4.98 Å². The van der Waals surface area contributed by atoms with E-state index in [9.17, 15) is 0 Å². The highest BCUT2D eigenvalue weighted by atomic mass is 16.5. The Hall–Kier alpha value is -1.09. The number of nitrogens with one attached hydrogen (secondary N) is 1. The van der Waals surface area contributed by atoms with Crippen LogP contribution in [0.15, 0.2) is 18.2 Å². The first-order valence-electron chi connectivity index (χ1n) is 4.79. The van der Waals surface area contributed by atoms with Crippen molar-refractivity contribution in [2.75, 3.05) is 12.4 Å². The molecule has 0 saturated carbocycles. The third-order valence-corrected chi connectivity index (χ3v) is 1.72. The highest BCUT2D eigenvalue weighted by Crippen LogP contribution is 2.11. The fourth-order valence-electron chi connectivity index (χ4n) is 0.990. The molecule has 1 aromatic heterocycles. The lowest BCUT2D eigenvalue weighted by Gasteiger charge is -2.19. The van der Waals surface area contributed by atoms with Crippen LogP contribution < -0.4 is 5.32 Å². The van der Waals surface area contributed by atoms with Gasteiger partial charge in [0.2, 0.25) is 0 Å². The molecule has 0 amide bonds. The van der Waals surface area contributed by atoms with E-state index in [1.54, 1.807) is 0 Å². The number of hydrogen-bond donors (Lipinski definition) is 1. The van der Waals surface area contributed by atoms with Crippen molar-refractivity contribution in [2.24, 2.45) is 0 Å². The Morgan fingerprint density at radius 2 is 2.07 bits per heavy atom. The van der Waals surface area contributed by atoms with E-state index < -0.39 is 0 Å². The van der Waals surface area contributed by atoms with Crippen LogP contribution in [0.1, 0.15) is 26.5 Å². The van der Waals surface area contributed by atoms with Gasteiger partial charge >= 0.3 is 0 Å². The Morgan fingerprint density at radius 3 is 2.64 bits per heavy atom. The molecule has 3 heteroatoms. The van der Waals surface area contributed by atoms with E-state index in [1.807, 2.05) is 46.0 Å². The molecule has 0 bridgehead atoms. The van der Waals surface area contributed by atoms with Gasteiger partial charge in [0.15, 0.2) is 0 Å². The highest BCUT2D eigenvalue weighted by molar-refractivity contribution is 5.34. The van der Waals surface area contributed by atoms with E-state index in [4.69, 9.17) is 4.74 Å². The van der Waals surface area contributed by atoms with E-state index in [-0.39, 0.29) is 5.60 Å². The number of rotatable bonds is 3. The van der Waals surface area contributed by atoms with Crippen molar-refractivity contribution >= 4 is 5.82 Å². The molecule has 0 radical (unpaired) electrons. The number of nitrogens with zero attached hydrogens (tertiary/aromatic N) is 1. The van der Waals surface area contributed by atoms with Gasteiger partial charge in [-0.25, -0.2) is 4.98 Å². The molecular formula is C11H18N2O. The molecule has 0 aliphatic heterocycles. The summed E-state index contributed by atoms with van der Waals surface area (Å²) in [7, 11) is 1.86. The van der Waals surface area contributed by atoms with E-state index >= 15 is 0 Å². The van der Waals surface area contributed by atoms with Crippen molar-refractivity contribution in [3.8, 4) is 0 Å². The lowest BCUT2D eigenvalue weighted by atomic mass is 10.2. The fraction of sp³-hybridized carbons (Fsp3) is 0.545. The second-order valence-corrected chi connectivity index (χ2v) is 4.17. The number of hydrogen-bond acceptors (Lipinski definition) is 3. The summed E-state index contributed by atoms with van der Waals surface area (Å²) < 4.78 is 5.62. The monoisotopic (exact) mass is 194 g/mol. The second-order valence-electron chi connectivity index (χ2n) is 4.17. The average molecular weight is 194 g/mol. The SMILES string of the molecule is CNc1cccc(COC(C)(C)C)n1. The minimum absolute atomic E-state index is 0.114. The second kappa shape index (κ2) is 4.42. The quantitative estimate of drug-likeness (QED) is 0.802. The third-order valence-electron chi connectivity index (χ3n) is 1.72. The molecule has 1 rings (SSSR count). The summed E-state index contributed by atoms with van der Waals surface area (Å²) in [5.74, 6) is 0.875. The van der Waals surface area contributed by atoms with E-state index in [2.05, 4.69) is 10.3 Å². The summed E-state index contributed by atoms with van der Waals surface area (Å²) >= 11 is 0. The van der Waals surface area contributed by atoms with E-state index in [0.717, 1.165) is 11.5 Å². The number of ether oxygens (including phenoxy) is 1. The maximum Gasteiger partial charge on any atom is 0.126 e. The van der Waals surface area contributed by atoms with Gasteiger partial charge in [-0.2, -0.15) is 0 Å². The number of pyridine rings is 1. The molecule has 3 nitrogen and oxygen atoms in total. The van der Waals surface area contributed by atoms with Crippen molar-refractivity contribution in [2.45, 2.75) is 33.0 Å². The van der Waals surface area contributed by atoms with Crippen LogP contribution in [0.25, 0.3) is 0 Å². The molecule has 0 fully saturated rings. The summed E-state index contributed by atoms with van der Waals surface area (Å²) in [4.78, 5) is 4.36. The Kier molecular flexibility index (Phi) is 3.47. The molecule has 0 spiro atoms. The molecule has 0 saturated heterocycles. The van der Waals surface area contributed by atoms with Crippen molar-refractivity contribution in [3.63, 3.8) is 0 Å². The van der Waals surface area contributed by atoms with E-state index in [0.29, 0.717) is 6.61 Å². The van der Waals surface area contributed by atoms with Gasteiger partial charge in [-0.05, 0) is 32.9 Å². The smallest absolute Gasteiger partial charge is 0.126 e. The number of aromatic nitrogens is 1. The molecule has 14 heavy (non-hydrogen) atoms. The molecule has 0 aliphatic carbocycles. The summed E-state index contributed by atoms with van der Waals surface area (Å²) in [6.45, 7) is 6.66.